The molecule has 38 heavy (non-hydrogen) atoms. The van der Waals surface area contributed by atoms with Gasteiger partial charge in [0.05, 0.1) is 29.6 Å². The lowest BCUT2D eigenvalue weighted by molar-refractivity contribution is -0.0400. The zero-order chi connectivity index (χ0) is 26.3. The topological polar surface area (TPSA) is 77.1 Å². The van der Waals surface area contributed by atoms with Crippen molar-refractivity contribution >= 4 is 40.6 Å². The van der Waals surface area contributed by atoms with Gasteiger partial charge < -0.3 is 29.7 Å². The van der Waals surface area contributed by atoms with Crippen molar-refractivity contribution in [1.82, 2.24) is 0 Å². The van der Waals surface area contributed by atoms with Gasteiger partial charge in [0, 0.05) is 49.6 Å². The van der Waals surface area contributed by atoms with Gasteiger partial charge in [-0.3, -0.25) is 4.79 Å². The van der Waals surface area contributed by atoms with E-state index in [9.17, 15) is 13.6 Å². The highest BCUT2D eigenvalue weighted by atomic mass is 32.2. The van der Waals surface area contributed by atoms with E-state index in [1.807, 2.05) is 29.2 Å². The summed E-state index contributed by atoms with van der Waals surface area (Å²) in [6.45, 7) is 2.43. The third-order valence-electron chi connectivity index (χ3n) is 8.40. The first kappa shape index (κ1) is 25.6. The number of anilines is 4. The summed E-state index contributed by atoms with van der Waals surface area (Å²) in [5.41, 5.74) is 4.26. The van der Waals surface area contributed by atoms with Crippen LogP contribution in [0.5, 0.6) is 5.75 Å². The normalized spacial score (nSPS) is 22.8. The van der Waals surface area contributed by atoms with Crippen molar-refractivity contribution in [1.29, 1.82) is 0 Å². The largest absolute Gasteiger partial charge is 0.489 e. The Kier molecular flexibility index (Phi) is 6.80. The molecule has 1 saturated carbocycles. The first-order chi connectivity index (χ1) is 18.3. The fourth-order valence-corrected chi connectivity index (χ4v) is 6.43. The van der Waals surface area contributed by atoms with Crippen LogP contribution in [-0.2, 0) is 0 Å². The van der Waals surface area contributed by atoms with E-state index in [0.29, 0.717) is 28.2 Å². The van der Waals surface area contributed by atoms with E-state index >= 15 is 0 Å². The van der Waals surface area contributed by atoms with Gasteiger partial charge in [0.1, 0.15) is 12.4 Å². The molecule has 2 aromatic carbocycles. The number of fused-ring (bicyclic) bond motifs is 3. The number of aliphatic hydroxyl groups excluding tert-OH is 1. The van der Waals surface area contributed by atoms with Gasteiger partial charge in [0.25, 0.3) is 11.8 Å². The summed E-state index contributed by atoms with van der Waals surface area (Å²) < 4.78 is 37.0. The highest BCUT2D eigenvalue weighted by Gasteiger charge is 2.45. The lowest BCUT2D eigenvalue weighted by Gasteiger charge is -2.44. The third kappa shape index (κ3) is 5.25. The number of rotatable bonds is 7. The Morgan fingerprint density at radius 3 is 2.55 bits per heavy atom. The van der Waals surface area contributed by atoms with Gasteiger partial charge in [-0.15, -0.1) is 0 Å². The first-order valence-electron chi connectivity index (χ1n) is 13.5. The maximum Gasteiger partial charge on any atom is 0.257 e. The maximum atomic E-state index is 14.0. The Hall–Kier alpha value is -2.72. The van der Waals surface area contributed by atoms with Crippen LogP contribution in [0.1, 0.15) is 48.9 Å². The lowest BCUT2D eigenvalue weighted by Crippen LogP contribution is -2.51. The van der Waals surface area contributed by atoms with Crippen LogP contribution < -0.4 is 24.6 Å². The molecule has 0 bridgehead atoms. The molecule has 3 heterocycles. The van der Waals surface area contributed by atoms with E-state index in [4.69, 9.17) is 9.84 Å². The van der Waals surface area contributed by atoms with E-state index in [0.717, 1.165) is 43.0 Å². The Morgan fingerprint density at radius 1 is 1.03 bits per heavy atom. The molecule has 1 atom stereocenters. The Labute approximate surface area is 226 Å². The zero-order valence-corrected chi connectivity index (χ0v) is 22.2. The average Bonchev–Trinajstić information content (AvgIpc) is 3.67. The molecule has 1 unspecified atom stereocenters. The second-order valence-electron chi connectivity index (χ2n) is 11.0. The molecule has 2 saturated heterocycles. The molecule has 2 aromatic rings. The van der Waals surface area contributed by atoms with Crippen molar-refractivity contribution in [3.63, 3.8) is 0 Å². The Morgan fingerprint density at radius 2 is 1.79 bits per heavy atom. The molecule has 3 N–H and O–H groups in total. The molecule has 204 valence electrons. The number of hydrogen-bond donors (Lipinski definition) is 3. The molecule has 0 radical (unpaired) electrons. The van der Waals surface area contributed by atoms with Crippen LogP contribution in [0.25, 0.3) is 0 Å². The van der Waals surface area contributed by atoms with E-state index in [1.54, 1.807) is 12.1 Å². The second kappa shape index (κ2) is 10.1. The summed E-state index contributed by atoms with van der Waals surface area (Å²) >= 11 is 1.43. The highest BCUT2D eigenvalue weighted by molar-refractivity contribution is 8.00. The van der Waals surface area contributed by atoms with Crippen LogP contribution in [0.2, 0.25) is 0 Å². The molecule has 3 fully saturated rings. The Bertz CT molecular complexity index is 1200. The molecule has 1 spiro atoms. The number of halogens is 2. The van der Waals surface area contributed by atoms with Crippen molar-refractivity contribution in [3.8, 4) is 5.75 Å². The molecule has 1 aliphatic carbocycles. The van der Waals surface area contributed by atoms with Gasteiger partial charge in [-0.1, -0.05) is 11.9 Å². The van der Waals surface area contributed by atoms with E-state index < -0.39 is 5.92 Å². The molecule has 7 nitrogen and oxygen atoms in total. The number of aliphatic hydroxyl groups is 1. The molecule has 3 aliphatic heterocycles. The predicted octanol–water partition coefficient (Wildman–Crippen LogP) is 5.37. The van der Waals surface area contributed by atoms with Gasteiger partial charge >= 0.3 is 0 Å². The number of carbonyl (C=O) groups is 1. The van der Waals surface area contributed by atoms with Crippen LogP contribution in [-0.4, -0.2) is 61.6 Å². The minimum absolute atomic E-state index is 0.0889. The number of piperidine rings is 2. The number of amides is 1. The van der Waals surface area contributed by atoms with Crippen molar-refractivity contribution in [3.05, 3.63) is 42.0 Å². The lowest BCUT2D eigenvalue weighted by atomic mass is 9.93. The van der Waals surface area contributed by atoms with Crippen molar-refractivity contribution in [2.24, 2.45) is 5.41 Å². The average molecular weight is 545 g/mol. The minimum Gasteiger partial charge on any atom is -0.489 e. The van der Waals surface area contributed by atoms with Crippen LogP contribution >= 0.6 is 11.9 Å². The van der Waals surface area contributed by atoms with Gasteiger partial charge in [-0.25, -0.2) is 8.78 Å². The monoisotopic (exact) mass is 544 g/mol. The molecular weight excluding hydrogens is 510 g/mol. The zero-order valence-electron chi connectivity index (χ0n) is 21.3. The number of hydrogen-bond acceptors (Lipinski definition) is 7. The standard InChI is InChI=1S/C28H34F2N4O3S/c29-28(30)9-12-34-21(17-28)18-37-25-4-2-19(15-24(25)34)31-26(36)22-3-1-20(32-38-14-13-35)16-23(22)33-10-7-27(5-6-27)8-11-33/h1-4,15-16,21,32,35H,5-14,17-18H2,(H,31,36). The van der Waals surface area contributed by atoms with Crippen molar-refractivity contribution in [2.75, 3.05) is 58.4 Å². The fourth-order valence-electron chi connectivity index (χ4n) is 5.94. The van der Waals surface area contributed by atoms with Gasteiger partial charge in [0.15, 0.2) is 0 Å². The molecule has 6 rings (SSSR count). The summed E-state index contributed by atoms with van der Waals surface area (Å²) in [5, 5.41) is 12.2. The van der Waals surface area contributed by atoms with Gasteiger partial charge in [-0.2, -0.15) is 0 Å². The summed E-state index contributed by atoms with van der Waals surface area (Å²) in [4.78, 5) is 17.9. The van der Waals surface area contributed by atoms with Crippen LogP contribution in [0.15, 0.2) is 36.4 Å². The van der Waals surface area contributed by atoms with E-state index in [-0.39, 0.29) is 44.5 Å². The highest BCUT2D eigenvalue weighted by Crippen LogP contribution is 2.54. The molecule has 0 aromatic heterocycles. The number of nitrogens with one attached hydrogen (secondary N) is 2. The van der Waals surface area contributed by atoms with Crippen molar-refractivity contribution < 1.29 is 23.4 Å². The SMILES string of the molecule is O=C(Nc1ccc2c(c1)N1CCC(F)(F)CC1CO2)c1ccc(NSCCO)cc1N1CCC2(CC1)CC2. The molecule has 10 heteroatoms. The maximum absolute atomic E-state index is 14.0. The number of nitrogens with zero attached hydrogens (tertiary/aromatic N) is 2. The molecule has 1 amide bonds. The van der Waals surface area contributed by atoms with Crippen molar-refractivity contribution in [2.45, 2.75) is 50.5 Å². The number of benzene rings is 2. The number of alkyl halides is 2. The van der Waals surface area contributed by atoms with E-state index in [2.05, 4.69) is 14.9 Å². The third-order valence-corrected chi connectivity index (χ3v) is 9.17. The predicted molar refractivity (Wildman–Crippen MR) is 148 cm³/mol. The molecule has 4 aliphatic rings. The van der Waals surface area contributed by atoms with Crippen LogP contribution in [0, 0.1) is 5.41 Å². The molecular formula is C28H34F2N4O3S. The van der Waals surface area contributed by atoms with Crippen LogP contribution in [0.4, 0.5) is 31.5 Å². The van der Waals surface area contributed by atoms with E-state index in [1.165, 1.54) is 24.8 Å². The number of carbonyl (C=O) groups excluding carboxylic acids is 1. The van der Waals surface area contributed by atoms with Gasteiger partial charge in [-0.05, 0) is 67.5 Å². The smallest absolute Gasteiger partial charge is 0.257 e. The summed E-state index contributed by atoms with van der Waals surface area (Å²) in [6, 6.07) is 10.8. The fraction of sp³-hybridized carbons (Fsp3) is 0.536. The Balaban J connectivity index is 1.22. The summed E-state index contributed by atoms with van der Waals surface area (Å²) in [5.74, 6) is -1.65. The quantitative estimate of drug-likeness (QED) is 0.320. The van der Waals surface area contributed by atoms with Crippen LogP contribution in [0.3, 0.4) is 0 Å². The van der Waals surface area contributed by atoms with Gasteiger partial charge in [0.2, 0.25) is 0 Å². The first-order valence-corrected chi connectivity index (χ1v) is 14.4. The summed E-state index contributed by atoms with van der Waals surface area (Å²) in [6.07, 6.45) is 4.51. The number of ether oxygens (including phenoxy) is 1. The summed E-state index contributed by atoms with van der Waals surface area (Å²) in [7, 11) is 0. The second-order valence-corrected chi connectivity index (χ2v) is 11.9. The minimum atomic E-state index is -2.67.